The number of hydrogen-bond acceptors (Lipinski definition) is 4. The number of morpholine rings is 1. The Balaban J connectivity index is 1.75. The molecule has 1 saturated heterocycles. The Morgan fingerprint density at radius 3 is 1.97 bits per heavy atom. The minimum atomic E-state index is -0.330. The van der Waals surface area contributed by atoms with Gasteiger partial charge in [0.1, 0.15) is 0 Å². The second kappa shape index (κ2) is 9.50. The highest BCUT2D eigenvalue weighted by Gasteiger charge is 2.36. The average Bonchev–Trinajstić information content (AvgIpc) is 2.81. The number of benzene rings is 3. The number of ketones is 1. The van der Waals surface area contributed by atoms with Crippen molar-refractivity contribution in [2.24, 2.45) is 0 Å². The number of hydrogen-bond donors (Lipinski definition) is 1. The predicted molar refractivity (Wildman–Crippen MR) is 116 cm³/mol. The van der Waals surface area contributed by atoms with Crippen molar-refractivity contribution in [2.75, 3.05) is 31.6 Å². The van der Waals surface area contributed by atoms with Gasteiger partial charge in [-0.2, -0.15) is 0 Å². The van der Waals surface area contributed by atoms with Crippen LogP contribution in [0.4, 0.5) is 5.69 Å². The molecule has 0 aromatic heterocycles. The number of rotatable bonds is 7. The first kappa shape index (κ1) is 19.4. The SMILES string of the molecule is O=C(c1ccccc1)[C@@H]([C@H](Nc1ccccc1)c1ccccc1)N1CCOCC1. The summed E-state index contributed by atoms with van der Waals surface area (Å²) in [5.41, 5.74) is 2.83. The summed E-state index contributed by atoms with van der Waals surface area (Å²) in [6.07, 6.45) is 0. The molecule has 4 rings (SSSR count). The summed E-state index contributed by atoms with van der Waals surface area (Å²) in [6.45, 7) is 2.77. The molecule has 4 nitrogen and oxygen atoms in total. The number of carbonyl (C=O) groups is 1. The standard InChI is InChI=1S/C25H26N2O2/c28-25(21-12-6-2-7-13-21)24(27-16-18-29-19-17-27)23(20-10-4-1-5-11-20)26-22-14-8-3-9-15-22/h1-15,23-24,26H,16-19H2/t23-,24-/m1/s1. The van der Waals surface area contributed by atoms with Gasteiger partial charge >= 0.3 is 0 Å². The zero-order valence-corrected chi connectivity index (χ0v) is 16.4. The molecular formula is C25H26N2O2. The van der Waals surface area contributed by atoms with Crippen molar-refractivity contribution in [3.63, 3.8) is 0 Å². The topological polar surface area (TPSA) is 41.6 Å². The molecular weight excluding hydrogens is 360 g/mol. The number of nitrogens with one attached hydrogen (secondary N) is 1. The molecule has 29 heavy (non-hydrogen) atoms. The normalized spacial score (nSPS) is 16.7. The first-order valence-electron chi connectivity index (χ1n) is 10.1. The zero-order valence-electron chi connectivity index (χ0n) is 16.4. The molecule has 1 N–H and O–H groups in total. The van der Waals surface area contributed by atoms with Crippen molar-refractivity contribution in [2.45, 2.75) is 12.1 Å². The first-order chi connectivity index (χ1) is 14.3. The van der Waals surface area contributed by atoms with E-state index in [2.05, 4.69) is 22.3 Å². The molecule has 0 saturated carbocycles. The third kappa shape index (κ3) is 4.73. The van der Waals surface area contributed by atoms with E-state index in [-0.39, 0.29) is 17.9 Å². The van der Waals surface area contributed by atoms with E-state index in [9.17, 15) is 4.79 Å². The molecule has 1 heterocycles. The number of nitrogens with zero attached hydrogens (tertiary/aromatic N) is 1. The lowest BCUT2D eigenvalue weighted by Gasteiger charge is -2.39. The van der Waals surface area contributed by atoms with Crippen molar-refractivity contribution in [3.8, 4) is 0 Å². The van der Waals surface area contributed by atoms with Crippen LogP contribution in [0.25, 0.3) is 0 Å². The number of Topliss-reactive ketones (excluding diaryl/α,β-unsaturated/α-hetero) is 1. The molecule has 148 valence electrons. The highest BCUT2D eigenvalue weighted by atomic mass is 16.5. The van der Waals surface area contributed by atoms with Gasteiger partial charge in [-0.1, -0.05) is 78.9 Å². The number of anilines is 1. The lowest BCUT2D eigenvalue weighted by molar-refractivity contribution is 0.0140. The Morgan fingerprint density at radius 1 is 0.793 bits per heavy atom. The van der Waals surface area contributed by atoms with Gasteiger partial charge in [-0.15, -0.1) is 0 Å². The van der Waals surface area contributed by atoms with E-state index in [1.54, 1.807) is 0 Å². The van der Waals surface area contributed by atoms with Crippen molar-refractivity contribution in [3.05, 3.63) is 102 Å². The zero-order chi connectivity index (χ0) is 19.9. The van der Waals surface area contributed by atoms with Gasteiger partial charge in [0.25, 0.3) is 0 Å². The van der Waals surface area contributed by atoms with Gasteiger partial charge in [-0.05, 0) is 17.7 Å². The van der Waals surface area contributed by atoms with Crippen LogP contribution >= 0.6 is 0 Å². The Hall–Kier alpha value is -2.95. The third-order valence-electron chi connectivity index (χ3n) is 5.34. The van der Waals surface area contributed by atoms with E-state index in [0.717, 1.165) is 29.9 Å². The molecule has 0 amide bonds. The largest absolute Gasteiger partial charge is 0.379 e. The molecule has 2 atom stereocenters. The van der Waals surface area contributed by atoms with E-state index >= 15 is 0 Å². The van der Waals surface area contributed by atoms with E-state index < -0.39 is 0 Å². The quantitative estimate of drug-likeness (QED) is 0.610. The Morgan fingerprint density at radius 2 is 1.34 bits per heavy atom. The van der Waals surface area contributed by atoms with Crippen molar-refractivity contribution in [1.82, 2.24) is 4.90 Å². The second-order valence-electron chi connectivity index (χ2n) is 7.22. The fraction of sp³-hybridized carbons (Fsp3) is 0.240. The van der Waals surface area contributed by atoms with Crippen LogP contribution in [0.5, 0.6) is 0 Å². The summed E-state index contributed by atoms with van der Waals surface area (Å²) in [7, 11) is 0. The highest BCUT2D eigenvalue weighted by molar-refractivity contribution is 6.01. The van der Waals surface area contributed by atoms with Crippen LogP contribution in [-0.2, 0) is 4.74 Å². The minimum absolute atomic E-state index is 0.129. The molecule has 3 aromatic carbocycles. The number of para-hydroxylation sites is 1. The summed E-state index contributed by atoms with van der Waals surface area (Å²) in [6, 6.07) is 29.4. The summed E-state index contributed by atoms with van der Waals surface area (Å²) < 4.78 is 5.57. The molecule has 0 radical (unpaired) electrons. The second-order valence-corrected chi connectivity index (χ2v) is 7.22. The average molecular weight is 386 g/mol. The van der Waals surface area contributed by atoms with E-state index in [1.807, 2.05) is 78.9 Å². The van der Waals surface area contributed by atoms with Crippen molar-refractivity contribution in [1.29, 1.82) is 0 Å². The maximum atomic E-state index is 13.7. The molecule has 1 fully saturated rings. The van der Waals surface area contributed by atoms with Crippen LogP contribution in [-0.4, -0.2) is 43.0 Å². The van der Waals surface area contributed by atoms with Gasteiger partial charge in [0.2, 0.25) is 0 Å². The smallest absolute Gasteiger partial charge is 0.182 e. The molecule has 0 spiro atoms. The van der Waals surface area contributed by atoms with Gasteiger partial charge in [-0.3, -0.25) is 9.69 Å². The monoisotopic (exact) mass is 386 g/mol. The molecule has 3 aromatic rings. The molecule has 0 aliphatic carbocycles. The van der Waals surface area contributed by atoms with Gasteiger partial charge < -0.3 is 10.1 Å². The van der Waals surface area contributed by atoms with Crippen LogP contribution in [0.3, 0.4) is 0 Å². The number of carbonyl (C=O) groups excluding carboxylic acids is 1. The van der Waals surface area contributed by atoms with Gasteiger partial charge in [-0.25, -0.2) is 0 Å². The van der Waals surface area contributed by atoms with E-state index in [1.165, 1.54) is 0 Å². The lowest BCUT2D eigenvalue weighted by Crippen LogP contribution is -2.52. The van der Waals surface area contributed by atoms with Gasteiger partial charge in [0, 0.05) is 24.3 Å². The van der Waals surface area contributed by atoms with Crippen LogP contribution in [0.1, 0.15) is 22.0 Å². The van der Waals surface area contributed by atoms with Gasteiger partial charge in [0.15, 0.2) is 5.78 Å². The molecule has 0 unspecified atom stereocenters. The van der Waals surface area contributed by atoms with Crippen molar-refractivity contribution < 1.29 is 9.53 Å². The Labute approximate surface area is 172 Å². The highest BCUT2D eigenvalue weighted by Crippen LogP contribution is 2.29. The Bertz CT molecular complexity index is 894. The lowest BCUT2D eigenvalue weighted by atomic mass is 9.90. The summed E-state index contributed by atoms with van der Waals surface area (Å²) in [4.78, 5) is 16.0. The van der Waals surface area contributed by atoms with Crippen LogP contribution < -0.4 is 5.32 Å². The summed E-state index contributed by atoms with van der Waals surface area (Å²) in [5, 5.41) is 3.64. The van der Waals surface area contributed by atoms with Crippen molar-refractivity contribution >= 4 is 11.5 Å². The van der Waals surface area contributed by atoms with Crippen LogP contribution in [0.15, 0.2) is 91.0 Å². The minimum Gasteiger partial charge on any atom is -0.379 e. The maximum absolute atomic E-state index is 13.7. The predicted octanol–water partition coefficient (Wildman–Crippen LogP) is 4.42. The first-order valence-corrected chi connectivity index (χ1v) is 10.1. The van der Waals surface area contributed by atoms with E-state index in [0.29, 0.717) is 13.2 Å². The number of ether oxygens (including phenoxy) is 1. The maximum Gasteiger partial charge on any atom is 0.182 e. The Kier molecular flexibility index (Phi) is 6.35. The summed E-state index contributed by atoms with van der Waals surface area (Å²) >= 11 is 0. The van der Waals surface area contributed by atoms with E-state index in [4.69, 9.17) is 4.74 Å². The molecule has 1 aliphatic heterocycles. The van der Waals surface area contributed by atoms with Crippen LogP contribution in [0, 0.1) is 0 Å². The fourth-order valence-electron chi connectivity index (χ4n) is 3.88. The third-order valence-corrected chi connectivity index (χ3v) is 5.34. The molecule has 4 heteroatoms. The van der Waals surface area contributed by atoms with Gasteiger partial charge in [0.05, 0.1) is 25.3 Å². The summed E-state index contributed by atoms with van der Waals surface area (Å²) in [5.74, 6) is 0.129. The molecule has 1 aliphatic rings. The molecule has 0 bridgehead atoms. The van der Waals surface area contributed by atoms with Crippen LogP contribution in [0.2, 0.25) is 0 Å². The fourth-order valence-corrected chi connectivity index (χ4v) is 3.88.